The number of thiophene rings is 1. The molecule has 2 amide bonds. The zero-order valence-electron chi connectivity index (χ0n) is 10.7. The van der Waals surface area contributed by atoms with E-state index in [9.17, 15) is 9.59 Å². The number of carbonyl (C=O) groups excluding carboxylic acids is 2. The summed E-state index contributed by atoms with van der Waals surface area (Å²) < 4.78 is 0. The molecule has 0 atom stereocenters. The van der Waals surface area contributed by atoms with Gasteiger partial charge in [0.2, 0.25) is 5.91 Å². The Morgan fingerprint density at radius 2 is 2.00 bits per heavy atom. The van der Waals surface area contributed by atoms with Crippen LogP contribution in [0.25, 0.3) is 0 Å². The molecule has 1 aromatic heterocycles. The molecule has 0 spiro atoms. The molecule has 18 heavy (non-hydrogen) atoms. The number of primary amides is 1. The average Bonchev–Trinajstić information content (AvgIpc) is 2.86. The summed E-state index contributed by atoms with van der Waals surface area (Å²) in [6, 6.07) is 1.51. The van der Waals surface area contributed by atoms with Gasteiger partial charge in [-0.2, -0.15) is 0 Å². The lowest BCUT2D eigenvalue weighted by molar-refractivity contribution is 0.0899. The molecule has 1 rings (SSSR count). The highest BCUT2D eigenvalue weighted by molar-refractivity contribution is 7.12. The smallest absolute Gasteiger partial charge is 0.261 e. The molecule has 6 heteroatoms. The molecule has 0 aromatic carbocycles. The highest BCUT2D eigenvalue weighted by Gasteiger charge is 2.27. The summed E-state index contributed by atoms with van der Waals surface area (Å²) in [6.45, 7) is 4.36. The first-order chi connectivity index (χ1) is 8.48. The minimum atomic E-state index is -0.527. The van der Waals surface area contributed by atoms with Crippen LogP contribution in [0.3, 0.4) is 0 Å². The fraction of sp³-hybridized carbons (Fsp3) is 0.500. The number of rotatable bonds is 6. The van der Waals surface area contributed by atoms with Crippen LogP contribution >= 0.6 is 11.3 Å². The van der Waals surface area contributed by atoms with Crippen LogP contribution in [0.1, 0.15) is 46.7 Å². The second-order valence-corrected chi connectivity index (χ2v) is 5.12. The minimum absolute atomic E-state index is 0.207. The molecule has 0 unspecified atom stereocenters. The first kappa shape index (κ1) is 14.7. The Morgan fingerprint density at radius 3 is 2.39 bits per heavy atom. The van der Waals surface area contributed by atoms with Crippen LogP contribution in [0.15, 0.2) is 11.4 Å². The lowest BCUT2D eigenvalue weighted by atomic mass is 9.93. The zero-order valence-corrected chi connectivity index (χ0v) is 11.5. The van der Waals surface area contributed by atoms with Crippen LogP contribution in [-0.4, -0.2) is 23.9 Å². The van der Waals surface area contributed by atoms with E-state index < -0.39 is 5.91 Å². The molecule has 1 heterocycles. The first-order valence-electron chi connectivity index (χ1n) is 5.89. The third-order valence-electron chi connectivity index (χ3n) is 3.23. The van der Waals surface area contributed by atoms with Crippen molar-refractivity contribution >= 4 is 23.2 Å². The van der Waals surface area contributed by atoms with Gasteiger partial charge in [0, 0.05) is 11.9 Å². The maximum absolute atomic E-state index is 12.1. The van der Waals surface area contributed by atoms with E-state index >= 15 is 0 Å². The predicted molar refractivity (Wildman–Crippen MR) is 72.7 cm³/mol. The van der Waals surface area contributed by atoms with Crippen molar-refractivity contribution in [2.75, 3.05) is 6.54 Å². The molecule has 1 aromatic rings. The lowest BCUT2D eigenvalue weighted by Crippen LogP contribution is -2.52. The third kappa shape index (κ3) is 3.08. The molecule has 0 saturated heterocycles. The Labute approximate surface area is 111 Å². The van der Waals surface area contributed by atoms with E-state index in [1.165, 1.54) is 17.4 Å². The van der Waals surface area contributed by atoms with E-state index in [0.717, 1.165) is 12.8 Å². The highest BCUT2D eigenvalue weighted by Crippen LogP contribution is 2.18. The molecule has 0 aliphatic rings. The van der Waals surface area contributed by atoms with Crippen LogP contribution in [0, 0.1) is 0 Å². The maximum Gasteiger partial charge on any atom is 0.261 e. The van der Waals surface area contributed by atoms with Gasteiger partial charge in [-0.15, -0.1) is 11.3 Å². The molecule has 5 nitrogen and oxygen atoms in total. The standard InChI is InChI=1S/C12H19N3O2S/c1-3-12(4-2,7-13)15-11(17)9-5-8(6-18-9)10(14)16/h5-6H,3-4,7,13H2,1-2H3,(H2,14,16)(H,15,17). The van der Waals surface area contributed by atoms with Gasteiger partial charge in [-0.25, -0.2) is 0 Å². The SMILES string of the molecule is CCC(CC)(CN)NC(=O)c1cc(C(N)=O)cs1. The summed E-state index contributed by atoms with van der Waals surface area (Å²) in [4.78, 5) is 23.5. The van der Waals surface area contributed by atoms with E-state index in [1.54, 1.807) is 5.38 Å². The van der Waals surface area contributed by atoms with Crippen molar-refractivity contribution in [2.45, 2.75) is 32.2 Å². The van der Waals surface area contributed by atoms with Gasteiger partial charge in [-0.3, -0.25) is 9.59 Å². The summed E-state index contributed by atoms with van der Waals surface area (Å²) in [7, 11) is 0. The van der Waals surface area contributed by atoms with E-state index in [0.29, 0.717) is 17.0 Å². The normalized spacial score (nSPS) is 11.3. The maximum atomic E-state index is 12.1. The van der Waals surface area contributed by atoms with Gasteiger partial charge in [0.1, 0.15) is 0 Å². The first-order valence-corrected chi connectivity index (χ1v) is 6.77. The second kappa shape index (κ2) is 5.97. The minimum Gasteiger partial charge on any atom is -0.366 e. The molecular formula is C12H19N3O2S. The van der Waals surface area contributed by atoms with Crippen LogP contribution in [0.4, 0.5) is 0 Å². The molecule has 0 aliphatic heterocycles. The Kier molecular flexibility index (Phi) is 4.86. The quantitative estimate of drug-likeness (QED) is 0.721. The molecule has 0 fully saturated rings. The van der Waals surface area contributed by atoms with Gasteiger partial charge in [-0.1, -0.05) is 13.8 Å². The number of amides is 2. The summed E-state index contributed by atoms with van der Waals surface area (Å²) in [5, 5.41) is 4.53. The largest absolute Gasteiger partial charge is 0.366 e. The van der Waals surface area contributed by atoms with Crippen LogP contribution < -0.4 is 16.8 Å². The van der Waals surface area contributed by atoms with Crippen LogP contribution in [-0.2, 0) is 0 Å². The zero-order chi connectivity index (χ0) is 13.8. The summed E-state index contributed by atoms with van der Waals surface area (Å²) in [6.07, 6.45) is 1.53. The average molecular weight is 269 g/mol. The van der Waals surface area contributed by atoms with Crippen molar-refractivity contribution in [3.63, 3.8) is 0 Å². The van der Waals surface area contributed by atoms with Crippen molar-refractivity contribution in [2.24, 2.45) is 11.5 Å². The van der Waals surface area contributed by atoms with Crippen molar-refractivity contribution < 1.29 is 9.59 Å². The third-order valence-corrected chi connectivity index (χ3v) is 4.16. The number of hydrogen-bond donors (Lipinski definition) is 3. The van der Waals surface area contributed by atoms with E-state index in [1.807, 2.05) is 13.8 Å². The summed E-state index contributed by atoms with van der Waals surface area (Å²) >= 11 is 1.20. The lowest BCUT2D eigenvalue weighted by Gasteiger charge is -2.31. The van der Waals surface area contributed by atoms with Crippen molar-refractivity contribution in [3.8, 4) is 0 Å². The molecule has 0 aliphatic carbocycles. The highest BCUT2D eigenvalue weighted by atomic mass is 32.1. The molecule has 5 N–H and O–H groups in total. The van der Waals surface area contributed by atoms with Gasteiger partial charge in [0.15, 0.2) is 0 Å². The van der Waals surface area contributed by atoms with Gasteiger partial charge in [0.05, 0.1) is 16.0 Å². The van der Waals surface area contributed by atoms with Crippen molar-refractivity contribution in [1.29, 1.82) is 0 Å². The Bertz CT molecular complexity index is 430. The molecule has 0 radical (unpaired) electrons. The van der Waals surface area contributed by atoms with Gasteiger partial charge in [-0.05, 0) is 18.9 Å². The van der Waals surface area contributed by atoms with Crippen LogP contribution in [0.2, 0.25) is 0 Å². The van der Waals surface area contributed by atoms with Crippen molar-refractivity contribution in [1.82, 2.24) is 5.32 Å². The topological polar surface area (TPSA) is 98.2 Å². The van der Waals surface area contributed by atoms with E-state index in [-0.39, 0.29) is 11.4 Å². The number of hydrogen-bond acceptors (Lipinski definition) is 4. The fourth-order valence-corrected chi connectivity index (χ4v) is 2.44. The Balaban J connectivity index is 2.84. The number of nitrogens with two attached hydrogens (primary N) is 2. The molecule has 0 saturated carbocycles. The summed E-state index contributed by atoms with van der Waals surface area (Å²) in [5.74, 6) is -0.733. The van der Waals surface area contributed by atoms with Gasteiger partial charge < -0.3 is 16.8 Å². The Hall–Kier alpha value is -1.40. The number of nitrogens with one attached hydrogen (secondary N) is 1. The van der Waals surface area contributed by atoms with E-state index in [4.69, 9.17) is 11.5 Å². The summed E-state index contributed by atoms with van der Waals surface area (Å²) in [5.41, 5.74) is 10.8. The van der Waals surface area contributed by atoms with Gasteiger partial charge >= 0.3 is 0 Å². The predicted octanol–water partition coefficient (Wildman–Crippen LogP) is 1.09. The van der Waals surface area contributed by atoms with Crippen LogP contribution in [0.5, 0.6) is 0 Å². The molecular weight excluding hydrogens is 250 g/mol. The number of carbonyl (C=O) groups is 2. The monoisotopic (exact) mass is 269 g/mol. The Morgan fingerprint density at radius 1 is 1.39 bits per heavy atom. The molecule has 0 bridgehead atoms. The second-order valence-electron chi connectivity index (χ2n) is 4.21. The van der Waals surface area contributed by atoms with Gasteiger partial charge in [0.25, 0.3) is 5.91 Å². The van der Waals surface area contributed by atoms with Crippen molar-refractivity contribution in [3.05, 3.63) is 21.9 Å². The fourth-order valence-electron chi connectivity index (χ4n) is 1.65. The van der Waals surface area contributed by atoms with E-state index in [2.05, 4.69) is 5.32 Å². The molecule has 100 valence electrons.